The van der Waals surface area contributed by atoms with Crippen molar-refractivity contribution in [2.24, 2.45) is 5.84 Å². The third-order valence-electron chi connectivity index (χ3n) is 5.03. The summed E-state index contributed by atoms with van der Waals surface area (Å²) in [5.74, 6) is 5.79. The molecule has 0 bridgehead atoms. The highest BCUT2D eigenvalue weighted by Crippen LogP contribution is 2.45. The maximum absolute atomic E-state index is 12.3. The van der Waals surface area contributed by atoms with Gasteiger partial charge in [-0.15, -0.1) is 0 Å². The first-order valence-corrected chi connectivity index (χ1v) is 8.13. The number of nitrogens with two attached hydrogens (primary N) is 1. The summed E-state index contributed by atoms with van der Waals surface area (Å²) in [6, 6.07) is 4.27. The maximum atomic E-state index is 12.3. The van der Waals surface area contributed by atoms with Gasteiger partial charge in [0.05, 0.1) is 0 Å². The Hall–Kier alpha value is -1.55. The molecule has 1 aromatic carbocycles. The standard InChI is InChI=1S/C18H29N3O/c1-7-15(17(22)20-19)21-16-9-12(3)11(2)8-14(16)13(4)10-18(21,5)6/h8-9,13,15H,7,10,19H2,1-6H3,(H,20,22)/t13-,15+/m0/s1. The van der Waals surface area contributed by atoms with Crippen LogP contribution >= 0.6 is 0 Å². The van der Waals surface area contributed by atoms with E-state index in [0.717, 1.165) is 12.8 Å². The third-order valence-corrected chi connectivity index (χ3v) is 5.03. The van der Waals surface area contributed by atoms with E-state index in [4.69, 9.17) is 5.84 Å². The molecule has 0 unspecified atom stereocenters. The van der Waals surface area contributed by atoms with Crippen LogP contribution in [-0.4, -0.2) is 17.5 Å². The smallest absolute Gasteiger partial charge is 0.256 e. The Balaban J connectivity index is 2.63. The Morgan fingerprint density at radius 3 is 2.55 bits per heavy atom. The van der Waals surface area contributed by atoms with Crippen molar-refractivity contribution in [2.45, 2.75) is 71.9 Å². The maximum Gasteiger partial charge on any atom is 0.256 e. The SMILES string of the molecule is CC[C@H](C(=O)NN)N1c2cc(C)c(C)cc2[C@@H](C)CC1(C)C. The van der Waals surface area contributed by atoms with Crippen LogP contribution < -0.4 is 16.2 Å². The Labute approximate surface area is 134 Å². The van der Waals surface area contributed by atoms with Crippen LogP contribution in [-0.2, 0) is 4.79 Å². The number of benzene rings is 1. The number of nitrogens with one attached hydrogen (secondary N) is 1. The molecule has 122 valence electrons. The van der Waals surface area contributed by atoms with Crippen molar-refractivity contribution < 1.29 is 4.79 Å². The van der Waals surface area contributed by atoms with Gasteiger partial charge in [-0.2, -0.15) is 0 Å². The summed E-state index contributed by atoms with van der Waals surface area (Å²) < 4.78 is 0. The summed E-state index contributed by atoms with van der Waals surface area (Å²) in [6.07, 6.45) is 1.75. The molecule has 0 spiro atoms. The quantitative estimate of drug-likeness (QED) is 0.512. The van der Waals surface area contributed by atoms with Gasteiger partial charge in [-0.3, -0.25) is 10.2 Å². The number of aryl methyl sites for hydroxylation is 2. The van der Waals surface area contributed by atoms with E-state index in [-0.39, 0.29) is 17.5 Å². The number of anilines is 1. The highest BCUT2D eigenvalue weighted by atomic mass is 16.2. The van der Waals surface area contributed by atoms with Crippen molar-refractivity contribution in [2.75, 3.05) is 4.90 Å². The minimum Gasteiger partial charge on any atom is -0.354 e. The van der Waals surface area contributed by atoms with Crippen LogP contribution in [0.3, 0.4) is 0 Å². The Morgan fingerprint density at radius 2 is 2.00 bits per heavy atom. The van der Waals surface area contributed by atoms with Crippen molar-refractivity contribution >= 4 is 11.6 Å². The lowest BCUT2D eigenvalue weighted by Gasteiger charge is -2.50. The summed E-state index contributed by atoms with van der Waals surface area (Å²) in [6.45, 7) is 13.0. The number of hydrogen-bond donors (Lipinski definition) is 2. The molecule has 3 N–H and O–H groups in total. The van der Waals surface area contributed by atoms with Crippen molar-refractivity contribution in [3.63, 3.8) is 0 Å². The number of nitrogens with zero attached hydrogens (tertiary/aromatic N) is 1. The van der Waals surface area contributed by atoms with E-state index < -0.39 is 0 Å². The number of hydrogen-bond acceptors (Lipinski definition) is 3. The summed E-state index contributed by atoms with van der Waals surface area (Å²) in [4.78, 5) is 14.6. The van der Waals surface area contributed by atoms with Crippen molar-refractivity contribution in [3.8, 4) is 0 Å². The van der Waals surface area contributed by atoms with E-state index in [1.54, 1.807) is 0 Å². The largest absolute Gasteiger partial charge is 0.354 e. The summed E-state index contributed by atoms with van der Waals surface area (Å²) in [7, 11) is 0. The first-order chi connectivity index (χ1) is 10.2. The molecule has 0 fully saturated rings. The zero-order valence-corrected chi connectivity index (χ0v) is 14.7. The molecule has 1 heterocycles. The summed E-state index contributed by atoms with van der Waals surface area (Å²) in [5.41, 5.74) is 7.35. The van der Waals surface area contributed by atoms with Gasteiger partial charge in [0.15, 0.2) is 0 Å². The lowest BCUT2D eigenvalue weighted by molar-refractivity contribution is -0.122. The number of hydrazine groups is 1. The van der Waals surface area contributed by atoms with Crippen LogP contribution in [0.2, 0.25) is 0 Å². The fraction of sp³-hybridized carbons (Fsp3) is 0.611. The van der Waals surface area contributed by atoms with Gasteiger partial charge in [0, 0.05) is 11.2 Å². The van der Waals surface area contributed by atoms with Crippen molar-refractivity contribution in [3.05, 3.63) is 28.8 Å². The van der Waals surface area contributed by atoms with Crippen LogP contribution in [0.5, 0.6) is 0 Å². The Kier molecular flexibility index (Phi) is 4.52. The number of fused-ring (bicyclic) bond motifs is 1. The van der Waals surface area contributed by atoms with Crippen molar-refractivity contribution in [1.29, 1.82) is 0 Å². The second-order valence-corrected chi connectivity index (χ2v) is 7.22. The van der Waals surface area contributed by atoms with Crippen LogP contribution in [0, 0.1) is 13.8 Å². The highest BCUT2D eigenvalue weighted by molar-refractivity contribution is 5.86. The topological polar surface area (TPSA) is 58.4 Å². The molecule has 1 aliphatic heterocycles. The van der Waals surface area contributed by atoms with E-state index in [1.807, 2.05) is 6.92 Å². The molecule has 2 rings (SSSR count). The molecule has 1 aliphatic rings. The monoisotopic (exact) mass is 303 g/mol. The van der Waals surface area contributed by atoms with E-state index in [1.165, 1.54) is 22.4 Å². The minimum atomic E-state index is -0.242. The first-order valence-electron chi connectivity index (χ1n) is 8.13. The predicted octanol–water partition coefficient (Wildman–Crippen LogP) is 3.16. The lowest BCUT2D eigenvalue weighted by Crippen LogP contribution is -2.59. The van der Waals surface area contributed by atoms with Gasteiger partial charge in [0.1, 0.15) is 6.04 Å². The normalized spacial score (nSPS) is 21.2. The molecule has 0 radical (unpaired) electrons. The van der Waals surface area contributed by atoms with Gasteiger partial charge < -0.3 is 4.90 Å². The van der Waals surface area contributed by atoms with Gasteiger partial charge in [0.2, 0.25) is 0 Å². The summed E-state index contributed by atoms with van der Waals surface area (Å²) in [5, 5.41) is 0. The van der Waals surface area contributed by atoms with Crippen LogP contribution in [0.15, 0.2) is 12.1 Å². The van der Waals surface area contributed by atoms with E-state index in [2.05, 4.69) is 57.1 Å². The molecule has 2 atom stereocenters. The van der Waals surface area contributed by atoms with Crippen molar-refractivity contribution in [1.82, 2.24) is 5.43 Å². The van der Waals surface area contributed by atoms with Gasteiger partial charge in [-0.1, -0.05) is 19.9 Å². The number of amides is 1. The van der Waals surface area contributed by atoms with Crippen LogP contribution in [0.4, 0.5) is 5.69 Å². The number of carbonyl (C=O) groups is 1. The first kappa shape index (κ1) is 16.8. The lowest BCUT2D eigenvalue weighted by atomic mass is 9.78. The van der Waals surface area contributed by atoms with Gasteiger partial charge in [-0.05, 0) is 69.2 Å². The molecule has 4 heteroatoms. The molecule has 1 amide bonds. The summed E-state index contributed by atoms with van der Waals surface area (Å²) >= 11 is 0. The minimum absolute atomic E-state index is 0.0820. The second kappa shape index (κ2) is 5.92. The molecular formula is C18H29N3O. The Morgan fingerprint density at radius 1 is 1.41 bits per heavy atom. The third kappa shape index (κ3) is 2.72. The molecule has 0 saturated carbocycles. The molecule has 0 saturated heterocycles. The predicted molar refractivity (Wildman–Crippen MR) is 91.9 cm³/mol. The van der Waals surface area contributed by atoms with Crippen LogP contribution in [0.1, 0.15) is 63.1 Å². The number of carbonyl (C=O) groups excluding carboxylic acids is 1. The average molecular weight is 303 g/mol. The van der Waals surface area contributed by atoms with Gasteiger partial charge >= 0.3 is 0 Å². The molecule has 0 aromatic heterocycles. The van der Waals surface area contributed by atoms with Gasteiger partial charge in [-0.25, -0.2) is 5.84 Å². The second-order valence-electron chi connectivity index (χ2n) is 7.22. The highest BCUT2D eigenvalue weighted by Gasteiger charge is 2.41. The van der Waals surface area contributed by atoms with Gasteiger partial charge in [0.25, 0.3) is 5.91 Å². The molecule has 4 nitrogen and oxygen atoms in total. The fourth-order valence-corrected chi connectivity index (χ4v) is 3.88. The Bertz CT molecular complexity index is 580. The molecule has 22 heavy (non-hydrogen) atoms. The average Bonchev–Trinajstić information content (AvgIpc) is 2.44. The zero-order valence-electron chi connectivity index (χ0n) is 14.7. The van der Waals surface area contributed by atoms with Crippen LogP contribution in [0.25, 0.3) is 0 Å². The fourth-order valence-electron chi connectivity index (χ4n) is 3.88. The molecule has 1 aromatic rings. The van der Waals surface area contributed by atoms with E-state index in [0.29, 0.717) is 5.92 Å². The van der Waals surface area contributed by atoms with E-state index >= 15 is 0 Å². The number of rotatable bonds is 3. The molecular weight excluding hydrogens is 274 g/mol. The zero-order chi connectivity index (χ0) is 16.7. The molecule has 0 aliphatic carbocycles. The van der Waals surface area contributed by atoms with E-state index in [9.17, 15) is 4.79 Å².